The van der Waals surface area contributed by atoms with E-state index < -0.39 is 17.5 Å². The zero-order valence-corrected chi connectivity index (χ0v) is 11.8. The van der Waals surface area contributed by atoms with Crippen LogP contribution in [0.3, 0.4) is 0 Å². The summed E-state index contributed by atoms with van der Waals surface area (Å²) in [5, 5.41) is 2.77. The maximum absolute atomic E-state index is 13.1. The van der Waals surface area contributed by atoms with Gasteiger partial charge in [-0.3, -0.25) is 4.79 Å². The molecule has 0 aliphatic rings. The summed E-state index contributed by atoms with van der Waals surface area (Å²) in [6, 6.07) is 13.0. The maximum atomic E-state index is 13.1. The van der Waals surface area contributed by atoms with Crippen LogP contribution < -0.4 is 5.32 Å². The highest BCUT2D eigenvalue weighted by Gasteiger charge is 2.13. The van der Waals surface area contributed by atoms with Crippen LogP contribution in [0, 0.1) is 11.6 Å². The number of hydrogen-bond donors (Lipinski definition) is 1. The third-order valence-corrected chi connectivity index (χ3v) is 3.45. The van der Waals surface area contributed by atoms with Crippen LogP contribution in [0.1, 0.15) is 35.2 Å². The van der Waals surface area contributed by atoms with E-state index in [-0.39, 0.29) is 11.5 Å². The Morgan fingerprint density at radius 1 is 1.10 bits per heavy atom. The predicted octanol–water partition coefficient (Wildman–Crippen LogP) is 3.89. The maximum Gasteiger partial charge on any atom is 0.251 e. The third-order valence-electron chi connectivity index (χ3n) is 3.45. The van der Waals surface area contributed by atoms with E-state index in [1.165, 1.54) is 6.07 Å². The Morgan fingerprint density at radius 2 is 1.81 bits per heavy atom. The van der Waals surface area contributed by atoms with Crippen molar-refractivity contribution >= 4 is 5.91 Å². The normalized spacial score (nSPS) is 12.0. The molecule has 0 bridgehead atoms. The fraction of sp³-hybridized carbons (Fsp3) is 0.235. The molecule has 110 valence electrons. The van der Waals surface area contributed by atoms with Crippen molar-refractivity contribution in [3.8, 4) is 0 Å². The van der Waals surface area contributed by atoms with Crippen LogP contribution in [0.2, 0.25) is 0 Å². The lowest BCUT2D eigenvalue weighted by Gasteiger charge is -2.16. The summed E-state index contributed by atoms with van der Waals surface area (Å²) >= 11 is 0. The first-order valence-electron chi connectivity index (χ1n) is 6.90. The zero-order chi connectivity index (χ0) is 15.2. The van der Waals surface area contributed by atoms with Crippen molar-refractivity contribution in [3.05, 3.63) is 71.3 Å². The van der Waals surface area contributed by atoms with Crippen molar-refractivity contribution in [2.24, 2.45) is 0 Å². The van der Waals surface area contributed by atoms with Gasteiger partial charge >= 0.3 is 0 Å². The molecular weight excluding hydrogens is 272 g/mol. The van der Waals surface area contributed by atoms with Gasteiger partial charge in [0.25, 0.3) is 5.91 Å². The minimum absolute atomic E-state index is 0.122. The summed E-state index contributed by atoms with van der Waals surface area (Å²) in [4.78, 5) is 12.0. The van der Waals surface area contributed by atoms with Crippen LogP contribution >= 0.6 is 0 Å². The molecule has 2 nitrogen and oxygen atoms in total. The molecule has 4 heteroatoms. The number of amides is 1. The molecule has 0 saturated carbocycles. The van der Waals surface area contributed by atoms with Gasteiger partial charge in [0.1, 0.15) is 0 Å². The summed E-state index contributed by atoms with van der Waals surface area (Å²) in [5.41, 5.74) is 1.27. The van der Waals surface area contributed by atoms with Gasteiger partial charge < -0.3 is 5.32 Å². The van der Waals surface area contributed by atoms with Gasteiger partial charge in [-0.15, -0.1) is 0 Å². The Labute approximate surface area is 122 Å². The Morgan fingerprint density at radius 3 is 2.43 bits per heavy atom. The van der Waals surface area contributed by atoms with Crippen molar-refractivity contribution in [1.82, 2.24) is 5.32 Å². The molecule has 21 heavy (non-hydrogen) atoms. The standard InChI is InChI=1S/C17H17F2NO/c1-2-12(13-6-4-3-5-7-13)11-20-17(21)14-8-9-15(18)16(19)10-14/h3-10,12H,2,11H2,1H3,(H,20,21). The second-order valence-electron chi connectivity index (χ2n) is 4.85. The van der Waals surface area contributed by atoms with E-state index in [0.29, 0.717) is 6.54 Å². The van der Waals surface area contributed by atoms with E-state index in [9.17, 15) is 13.6 Å². The summed E-state index contributed by atoms with van der Waals surface area (Å²) in [7, 11) is 0. The van der Waals surface area contributed by atoms with Gasteiger partial charge in [-0.1, -0.05) is 37.3 Å². The second kappa shape index (κ2) is 6.97. The monoisotopic (exact) mass is 289 g/mol. The van der Waals surface area contributed by atoms with Crippen LogP contribution in [0.5, 0.6) is 0 Å². The molecule has 1 N–H and O–H groups in total. The first-order chi connectivity index (χ1) is 10.1. The molecule has 2 rings (SSSR count). The van der Waals surface area contributed by atoms with Crippen LogP contribution in [0.4, 0.5) is 8.78 Å². The fourth-order valence-corrected chi connectivity index (χ4v) is 2.18. The summed E-state index contributed by atoms with van der Waals surface area (Å²) in [5.74, 6) is -2.18. The molecule has 0 spiro atoms. The molecule has 0 aliphatic carbocycles. The third kappa shape index (κ3) is 3.88. The summed E-state index contributed by atoms with van der Waals surface area (Å²) in [6.07, 6.45) is 0.877. The molecule has 2 aromatic rings. The zero-order valence-electron chi connectivity index (χ0n) is 11.8. The molecule has 0 saturated heterocycles. The topological polar surface area (TPSA) is 29.1 Å². The quantitative estimate of drug-likeness (QED) is 0.889. The average molecular weight is 289 g/mol. The Hall–Kier alpha value is -2.23. The highest BCUT2D eigenvalue weighted by atomic mass is 19.2. The molecule has 0 radical (unpaired) electrons. The smallest absolute Gasteiger partial charge is 0.251 e. The van der Waals surface area contributed by atoms with Crippen molar-refractivity contribution in [2.45, 2.75) is 19.3 Å². The Balaban J connectivity index is 2.01. The van der Waals surface area contributed by atoms with Crippen molar-refractivity contribution in [3.63, 3.8) is 0 Å². The molecule has 1 atom stereocenters. The van der Waals surface area contributed by atoms with Crippen LogP contribution in [0.15, 0.2) is 48.5 Å². The number of carbonyl (C=O) groups is 1. The van der Waals surface area contributed by atoms with E-state index in [2.05, 4.69) is 5.32 Å². The number of hydrogen-bond acceptors (Lipinski definition) is 1. The lowest BCUT2D eigenvalue weighted by Crippen LogP contribution is -2.28. The fourth-order valence-electron chi connectivity index (χ4n) is 2.18. The van der Waals surface area contributed by atoms with Crippen molar-refractivity contribution in [2.75, 3.05) is 6.54 Å². The first-order valence-corrected chi connectivity index (χ1v) is 6.90. The molecule has 0 fully saturated rings. The second-order valence-corrected chi connectivity index (χ2v) is 4.85. The van der Waals surface area contributed by atoms with Gasteiger partial charge in [-0.05, 0) is 30.2 Å². The molecule has 0 aromatic heterocycles. The SMILES string of the molecule is CCC(CNC(=O)c1ccc(F)c(F)c1)c1ccccc1. The molecule has 1 unspecified atom stereocenters. The summed E-state index contributed by atoms with van der Waals surface area (Å²) in [6.45, 7) is 2.50. The number of rotatable bonds is 5. The summed E-state index contributed by atoms with van der Waals surface area (Å²) < 4.78 is 26.0. The van der Waals surface area contributed by atoms with E-state index in [0.717, 1.165) is 24.1 Å². The van der Waals surface area contributed by atoms with Crippen LogP contribution in [-0.2, 0) is 0 Å². The number of nitrogens with one attached hydrogen (secondary N) is 1. The molecular formula is C17H17F2NO. The van der Waals surface area contributed by atoms with Crippen molar-refractivity contribution in [1.29, 1.82) is 0 Å². The van der Waals surface area contributed by atoms with Gasteiger partial charge in [0.05, 0.1) is 0 Å². The molecule has 2 aromatic carbocycles. The Bertz CT molecular complexity index is 613. The van der Waals surface area contributed by atoms with Crippen LogP contribution in [-0.4, -0.2) is 12.5 Å². The predicted molar refractivity (Wildman–Crippen MR) is 78.2 cm³/mol. The van der Waals surface area contributed by atoms with Crippen LogP contribution in [0.25, 0.3) is 0 Å². The van der Waals surface area contributed by atoms with E-state index >= 15 is 0 Å². The van der Waals surface area contributed by atoms with E-state index in [4.69, 9.17) is 0 Å². The van der Waals surface area contributed by atoms with Gasteiger partial charge in [-0.2, -0.15) is 0 Å². The van der Waals surface area contributed by atoms with Gasteiger partial charge in [0.15, 0.2) is 11.6 Å². The minimum atomic E-state index is -1.02. The van der Waals surface area contributed by atoms with Gasteiger partial charge in [0, 0.05) is 18.0 Å². The molecule has 0 heterocycles. The highest BCUT2D eigenvalue weighted by molar-refractivity contribution is 5.94. The van der Waals surface area contributed by atoms with Gasteiger partial charge in [-0.25, -0.2) is 8.78 Å². The number of halogens is 2. The Kier molecular flexibility index (Phi) is 5.04. The largest absolute Gasteiger partial charge is 0.351 e. The van der Waals surface area contributed by atoms with E-state index in [1.54, 1.807) is 0 Å². The number of carbonyl (C=O) groups excluding carboxylic acids is 1. The lowest BCUT2D eigenvalue weighted by molar-refractivity contribution is 0.0950. The minimum Gasteiger partial charge on any atom is -0.351 e. The highest BCUT2D eigenvalue weighted by Crippen LogP contribution is 2.18. The van der Waals surface area contributed by atoms with Crippen molar-refractivity contribution < 1.29 is 13.6 Å². The average Bonchev–Trinajstić information content (AvgIpc) is 2.51. The molecule has 1 amide bonds. The lowest BCUT2D eigenvalue weighted by atomic mass is 9.96. The first kappa shape index (κ1) is 15.2. The van der Waals surface area contributed by atoms with Gasteiger partial charge in [0.2, 0.25) is 0 Å². The number of benzene rings is 2. The molecule has 0 aliphatic heterocycles. The van der Waals surface area contributed by atoms with E-state index in [1.807, 2.05) is 37.3 Å².